The first kappa shape index (κ1) is 16.4. The summed E-state index contributed by atoms with van der Waals surface area (Å²) in [7, 11) is 0. The van der Waals surface area contributed by atoms with Crippen LogP contribution in [0.1, 0.15) is 56.6 Å². The first-order valence-electron chi connectivity index (χ1n) is 9.33. The van der Waals surface area contributed by atoms with Gasteiger partial charge in [-0.25, -0.2) is 0 Å². The van der Waals surface area contributed by atoms with E-state index in [1.807, 2.05) is 12.1 Å². The molecule has 1 aromatic carbocycles. The molecule has 3 aliphatic rings. The van der Waals surface area contributed by atoms with Crippen LogP contribution in [0.2, 0.25) is 0 Å². The predicted octanol–water partition coefficient (Wildman–Crippen LogP) is 4.02. The second-order valence-electron chi connectivity index (χ2n) is 8.73. The van der Waals surface area contributed by atoms with Crippen molar-refractivity contribution in [2.75, 3.05) is 0 Å². The van der Waals surface area contributed by atoms with Crippen LogP contribution in [0.3, 0.4) is 0 Å². The molecule has 0 aromatic heterocycles. The van der Waals surface area contributed by atoms with Crippen LogP contribution in [0.4, 0.5) is 0 Å². The van der Waals surface area contributed by atoms with E-state index in [4.69, 9.17) is 0 Å². The van der Waals surface area contributed by atoms with Gasteiger partial charge in [0.05, 0.1) is 11.5 Å². The molecule has 0 spiro atoms. The Hall–Kier alpha value is -2.02. The van der Waals surface area contributed by atoms with E-state index >= 15 is 0 Å². The number of carbonyl (C=O) groups is 1. The maximum atomic E-state index is 11.2. The molecule has 0 saturated heterocycles. The highest BCUT2D eigenvalue weighted by atomic mass is 16.4. The van der Waals surface area contributed by atoms with Crippen molar-refractivity contribution in [2.24, 2.45) is 23.2 Å². The summed E-state index contributed by atoms with van der Waals surface area (Å²) in [6, 6.07) is 8.16. The van der Waals surface area contributed by atoms with Crippen molar-refractivity contribution in [1.29, 1.82) is 5.26 Å². The predicted molar refractivity (Wildman–Crippen MR) is 93.0 cm³/mol. The molecular formula is C21H25NO3. The molecule has 0 bridgehead atoms. The van der Waals surface area contributed by atoms with Gasteiger partial charge in [0, 0.05) is 6.42 Å². The number of nitriles is 1. The second kappa shape index (κ2) is 5.49. The van der Waals surface area contributed by atoms with Gasteiger partial charge in [0.25, 0.3) is 0 Å². The summed E-state index contributed by atoms with van der Waals surface area (Å²) in [6.07, 6.45) is 5.85. The molecular weight excluding hydrogens is 314 g/mol. The third kappa shape index (κ3) is 2.36. The minimum Gasteiger partial charge on any atom is -0.508 e. The summed E-state index contributed by atoms with van der Waals surface area (Å²) in [4.78, 5) is 11.2. The van der Waals surface area contributed by atoms with Crippen molar-refractivity contribution >= 4 is 5.97 Å². The summed E-state index contributed by atoms with van der Waals surface area (Å²) >= 11 is 0. The van der Waals surface area contributed by atoms with Crippen LogP contribution in [0, 0.1) is 34.5 Å². The van der Waals surface area contributed by atoms with Gasteiger partial charge >= 0.3 is 5.97 Å². The summed E-state index contributed by atoms with van der Waals surface area (Å²) in [6.45, 7) is 2.31. The maximum absolute atomic E-state index is 11.2. The molecule has 0 amide bonds. The average molecular weight is 339 g/mol. The van der Waals surface area contributed by atoms with Gasteiger partial charge in [0.15, 0.2) is 0 Å². The molecule has 25 heavy (non-hydrogen) atoms. The van der Waals surface area contributed by atoms with Crippen molar-refractivity contribution in [3.05, 3.63) is 29.3 Å². The largest absolute Gasteiger partial charge is 0.508 e. The fraction of sp³-hybridized carbons (Fsp3) is 0.619. The highest BCUT2D eigenvalue weighted by Crippen LogP contribution is 2.64. The van der Waals surface area contributed by atoms with Gasteiger partial charge in [0.1, 0.15) is 5.75 Å². The lowest BCUT2D eigenvalue weighted by Crippen LogP contribution is -2.50. The number of aliphatic carboxylic acids is 1. The minimum atomic E-state index is -0.705. The van der Waals surface area contributed by atoms with E-state index < -0.39 is 11.4 Å². The number of hydrogen-bond donors (Lipinski definition) is 2. The van der Waals surface area contributed by atoms with Crippen molar-refractivity contribution in [3.8, 4) is 11.8 Å². The van der Waals surface area contributed by atoms with Crippen molar-refractivity contribution < 1.29 is 15.0 Å². The smallest absolute Gasteiger partial charge is 0.303 e. The van der Waals surface area contributed by atoms with Crippen molar-refractivity contribution in [3.63, 3.8) is 0 Å². The van der Waals surface area contributed by atoms with Crippen LogP contribution in [-0.2, 0) is 16.6 Å². The normalized spacial score (nSPS) is 39.0. The van der Waals surface area contributed by atoms with E-state index in [0.717, 1.165) is 49.7 Å². The summed E-state index contributed by atoms with van der Waals surface area (Å²) in [5, 5.41) is 29.2. The Labute approximate surface area is 148 Å². The van der Waals surface area contributed by atoms with Crippen molar-refractivity contribution in [2.45, 2.75) is 57.3 Å². The fourth-order valence-electron chi connectivity index (χ4n) is 6.40. The Morgan fingerprint density at radius 3 is 2.88 bits per heavy atom. The van der Waals surface area contributed by atoms with Gasteiger partial charge in [-0.15, -0.1) is 0 Å². The van der Waals surface area contributed by atoms with E-state index in [1.165, 1.54) is 0 Å². The number of hydrogen-bond acceptors (Lipinski definition) is 3. The molecule has 2 fully saturated rings. The zero-order valence-corrected chi connectivity index (χ0v) is 14.7. The van der Waals surface area contributed by atoms with E-state index in [0.29, 0.717) is 11.8 Å². The van der Waals surface area contributed by atoms with Gasteiger partial charge in [-0.2, -0.15) is 5.26 Å². The molecule has 4 rings (SSSR count). The summed E-state index contributed by atoms with van der Waals surface area (Å²) in [5.74, 6) is 0.527. The molecule has 2 saturated carbocycles. The van der Waals surface area contributed by atoms with Crippen LogP contribution in [0.15, 0.2) is 18.2 Å². The minimum absolute atomic E-state index is 0.166. The topological polar surface area (TPSA) is 81.3 Å². The molecule has 5 atom stereocenters. The lowest BCUT2D eigenvalue weighted by molar-refractivity contribution is -0.138. The number of phenols is 1. The first-order valence-corrected chi connectivity index (χ1v) is 9.33. The van der Waals surface area contributed by atoms with Gasteiger partial charge in [-0.3, -0.25) is 4.79 Å². The Bertz CT molecular complexity index is 767. The molecule has 2 N–H and O–H groups in total. The highest BCUT2D eigenvalue weighted by Gasteiger charge is 2.59. The SMILES string of the molecule is C[C@]12CC[C@]3(C#N)c4ccc(O)cc4CCC3C1C[C@@H](CC(=O)O)C2. The van der Waals surface area contributed by atoms with E-state index in [2.05, 4.69) is 13.0 Å². The third-order valence-corrected chi connectivity index (χ3v) is 7.40. The molecule has 4 nitrogen and oxygen atoms in total. The van der Waals surface area contributed by atoms with Gasteiger partial charge < -0.3 is 10.2 Å². The number of rotatable bonds is 2. The van der Waals surface area contributed by atoms with E-state index in [9.17, 15) is 20.3 Å². The van der Waals surface area contributed by atoms with Crippen molar-refractivity contribution in [1.82, 2.24) is 0 Å². The lowest BCUT2D eigenvalue weighted by Gasteiger charge is -2.53. The van der Waals surface area contributed by atoms with Crippen LogP contribution < -0.4 is 0 Å². The Morgan fingerprint density at radius 1 is 1.36 bits per heavy atom. The summed E-state index contributed by atoms with van der Waals surface area (Å²) in [5.41, 5.74) is 1.91. The molecule has 1 aromatic rings. The zero-order chi connectivity index (χ0) is 17.8. The number of aromatic hydroxyl groups is 1. The fourth-order valence-corrected chi connectivity index (χ4v) is 6.40. The number of fused-ring (bicyclic) bond motifs is 5. The monoisotopic (exact) mass is 339 g/mol. The van der Waals surface area contributed by atoms with Gasteiger partial charge in [-0.05, 0) is 85.0 Å². The first-order chi connectivity index (χ1) is 11.9. The zero-order valence-electron chi connectivity index (χ0n) is 14.7. The van der Waals surface area contributed by atoms with Crippen LogP contribution >= 0.6 is 0 Å². The van der Waals surface area contributed by atoms with E-state index in [1.54, 1.807) is 6.07 Å². The Kier molecular flexibility index (Phi) is 3.61. The number of carboxylic acid groups (broad SMARTS) is 1. The molecule has 0 aliphatic heterocycles. The molecule has 3 aliphatic carbocycles. The number of nitrogens with zero attached hydrogens (tertiary/aromatic N) is 1. The maximum Gasteiger partial charge on any atom is 0.303 e. The number of benzene rings is 1. The Balaban J connectivity index is 1.73. The average Bonchev–Trinajstić information content (AvgIpc) is 2.89. The summed E-state index contributed by atoms with van der Waals surface area (Å²) < 4.78 is 0. The molecule has 132 valence electrons. The number of carboxylic acids is 1. The molecule has 0 radical (unpaired) electrons. The van der Waals surface area contributed by atoms with Gasteiger partial charge in [0.2, 0.25) is 0 Å². The van der Waals surface area contributed by atoms with Crippen LogP contribution in [-0.4, -0.2) is 16.2 Å². The Morgan fingerprint density at radius 2 is 2.16 bits per heavy atom. The lowest BCUT2D eigenvalue weighted by atomic mass is 9.49. The van der Waals surface area contributed by atoms with E-state index in [-0.39, 0.29) is 23.5 Å². The number of phenolic OH excluding ortho intramolecular Hbond substituents is 1. The quantitative estimate of drug-likeness (QED) is 0.853. The highest BCUT2D eigenvalue weighted by molar-refractivity contribution is 5.67. The molecule has 0 heterocycles. The number of aryl methyl sites for hydroxylation is 1. The molecule has 2 unspecified atom stereocenters. The van der Waals surface area contributed by atoms with Crippen LogP contribution in [0.5, 0.6) is 5.75 Å². The second-order valence-corrected chi connectivity index (χ2v) is 8.73. The third-order valence-electron chi connectivity index (χ3n) is 7.40. The van der Waals surface area contributed by atoms with Crippen LogP contribution in [0.25, 0.3) is 0 Å². The standard InChI is InChI=1S/C21H25NO3/c1-20-6-7-21(12-22)16-5-3-15(23)10-14(16)2-4-17(21)18(20)8-13(11-20)9-19(24)25/h3,5,10,13,17-18,23H,2,4,6-9,11H2,1H3,(H,24,25)/t13-,17?,18?,20+,21-/m0/s1. The van der Waals surface area contributed by atoms with Gasteiger partial charge in [-0.1, -0.05) is 13.0 Å². The molecule has 4 heteroatoms.